The minimum atomic E-state index is -4.55. The highest BCUT2D eigenvalue weighted by Gasteiger charge is 2.34. The summed E-state index contributed by atoms with van der Waals surface area (Å²) < 4.78 is 54.4. The first kappa shape index (κ1) is 29.1. The molecule has 1 aromatic heterocycles. The van der Waals surface area contributed by atoms with Gasteiger partial charge in [-0.3, -0.25) is 19.1 Å². The van der Waals surface area contributed by atoms with Crippen molar-refractivity contribution >= 4 is 23.4 Å². The summed E-state index contributed by atoms with van der Waals surface area (Å²) in [7, 11) is 1.03. The molecule has 1 saturated carbocycles. The summed E-state index contributed by atoms with van der Waals surface area (Å²) in [4.78, 5) is 39.2. The van der Waals surface area contributed by atoms with Gasteiger partial charge in [0.15, 0.2) is 0 Å². The average molecular weight is 540 g/mol. The van der Waals surface area contributed by atoms with Crippen molar-refractivity contribution in [3.8, 4) is 0 Å². The molecule has 0 aliphatic heterocycles. The number of halogens is 4. The summed E-state index contributed by atoms with van der Waals surface area (Å²) in [6, 6.07) is 4.33. The fraction of sp³-hybridized carbons (Fsp3) is 0.538. The minimum absolute atomic E-state index is 0.130. The van der Waals surface area contributed by atoms with Gasteiger partial charge in [-0.25, -0.2) is 4.39 Å². The molecule has 1 fully saturated rings. The zero-order valence-electron chi connectivity index (χ0n) is 21.6. The first-order valence-electron chi connectivity index (χ1n) is 12.7. The Balaban J connectivity index is 1.75. The standard InChI is InChI=1S/C26H33F4N5O3/c1-4-35-21(12-13-31-35)23(36)33-22(17-8-6-5-7-9-17)24(37)32-20-11-10-18(14-19(20)27)16(2)25(38)34(3)15-26(28,29)30/h10-14,16-17,22H,4-9,15H2,1-3H3,(H,32,37)(H,33,36). The number of likely N-dealkylation sites (N-methyl/N-ethyl adjacent to an activating group) is 1. The van der Waals surface area contributed by atoms with Gasteiger partial charge in [-0.2, -0.15) is 18.3 Å². The van der Waals surface area contributed by atoms with E-state index in [9.17, 15) is 31.9 Å². The molecule has 2 atom stereocenters. The van der Waals surface area contributed by atoms with Crippen molar-refractivity contribution in [2.24, 2.45) is 5.92 Å². The number of carbonyl (C=O) groups is 3. The summed E-state index contributed by atoms with van der Waals surface area (Å²) in [6.45, 7) is 2.28. The third-order valence-electron chi connectivity index (χ3n) is 6.85. The van der Waals surface area contributed by atoms with Crippen LogP contribution in [0.3, 0.4) is 0 Å². The molecule has 0 spiro atoms. The lowest BCUT2D eigenvalue weighted by atomic mass is 9.83. The quantitative estimate of drug-likeness (QED) is 0.459. The molecule has 2 N–H and O–H groups in total. The molecule has 12 heteroatoms. The summed E-state index contributed by atoms with van der Waals surface area (Å²) in [5.41, 5.74) is 0.325. The Labute approximate surface area is 218 Å². The molecule has 0 saturated heterocycles. The van der Waals surface area contributed by atoms with E-state index in [-0.39, 0.29) is 17.2 Å². The molecule has 1 aliphatic carbocycles. The minimum Gasteiger partial charge on any atom is -0.339 e. The number of rotatable bonds is 9. The smallest absolute Gasteiger partial charge is 0.339 e. The normalized spacial score (nSPS) is 16.0. The van der Waals surface area contributed by atoms with Crippen LogP contribution >= 0.6 is 0 Å². The van der Waals surface area contributed by atoms with Gasteiger partial charge in [0.25, 0.3) is 5.91 Å². The van der Waals surface area contributed by atoms with Crippen molar-refractivity contribution < 1.29 is 31.9 Å². The summed E-state index contributed by atoms with van der Waals surface area (Å²) in [6.07, 6.45) is 1.27. The topological polar surface area (TPSA) is 96.3 Å². The number of aryl methyl sites for hydroxylation is 1. The molecule has 0 radical (unpaired) electrons. The molecule has 2 unspecified atom stereocenters. The monoisotopic (exact) mass is 539 g/mol. The maximum absolute atomic E-state index is 15.0. The number of carbonyl (C=O) groups excluding carboxylic acids is 3. The maximum atomic E-state index is 15.0. The molecule has 3 amide bonds. The van der Waals surface area contributed by atoms with Crippen LogP contribution in [0.5, 0.6) is 0 Å². The Morgan fingerprint density at radius 2 is 1.84 bits per heavy atom. The van der Waals surface area contributed by atoms with E-state index in [4.69, 9.17) is 0 Å². The van der Waals surface area contributed by atoms with Crippen LogP contribution in [0.4, 0.5) is 23.2 Å². The van der Waals surface area contributed by atoms with Crippen molar-refractivity contribution in [1.82, 2.24) is 20.0 Å². The van der Waals surface area contributed by atoms with E-state index in [1.165, 1.54) is 29.9 Å². The molecule has 1 heterocycles. The van der Waals surface area contributed by atoms with Gasteiger partial charge in [0.2, 0.25) is 11.8 Å². The van der Waals surface area contributed by atoms with Gasteiger partial charge >= 0.3 is 6.18 Å². The second-order valence-electron chi connectivity index (χ2n) is 9.64. The SMILES string of the molecule is CCn1nccc1C(=O)NC(C(=O)Nc1ccc(C(C)C(=O)N(C)CC(F)(F)F)cc1F)C1CCCCC1. The van der Waals surface area contributed by atoms with E-state index in [2.05, 4.69) is 15.7 Å². The third kappa shape index (κ3) is 7.32. The fourth-order valence-corrected chi connectivity index (χ4v) is 4.79. The van der Waals surface area contributed by atoms with Crippen molar-refractivity contribution in [2.45, 2.75) is 70.6 Å². The summed E-state index contributed by atoms with van der Waals surface area (Å²) in [5, 5.41) is 9.43. The molecule has 1 aliphatic rings. The Morgan fingerprint density at radius 1 is 1.16 bits per heavy atom. The van der Waals surface area contributed by atoms with E-state index in [0.29, 0.717) is 17.1 Å². The van der Waals surface area contributed by atoms with E-state index < -0.39 is 48.2 Å². The predicted octanol–water partition coefficient (Wildman–Crippen LogP) is 4.48. The van der Waals surface area contributed by atoms with Gasteiger partial charge in [-0.05, 0) is 56.4 Å². The number of aromatic nitrogens is 2. The van der Waals surface area contributed by atoms with Gasteiger partial charge in [0, 0.05) is 19.8 Å². The van der Waals surface area contributed by atoms with Crippen molar-refractivity contribution in [2.75, 3.05) is 18.9 Å². The van der Waals surface area contributed by atoms with Crippen LogP contribution < -0.4 is 10.6 Å². The maximum Gasteiger partial charge on any atom is 0.406 e. The van der Waals surface area contributed by atoms with Gasteiger partial charge in [0.05, 0.1) is 11.6 Å². The number of anilines is 1. The largest absolute Gasteiger partial charge is 0.406 e. The lowest BCUT2D eigenvalue weighted by Gasteiger charge is -2.30. The first-order valence-corrected chi connectivity index (χ1v) is 12.7. The Morgan fingerprint density at radius 3 is 2.45 bits per heavy atom. The van der Waals surface area contributed by atoms with E-state index >= 15 is 0 Å². The molecule has 8 nitrogen and oxygen atoms in total. The van der Waals surface area contributed by atoms with Gasteiger partial charge in [-0.15, -0.1) is 0 Å². The van der Waals surface area contributed by atoms with Crippen molar-refractivity contribution in [3.63, 3.8) is 0 Å². The summed E-state index contributed by atoms with van der Waals surface area (Å²) >= 11 is 0. The number of hydrogen-bond acceptors (Lipinski definition) is 4. The zero-order chi connectivity index (χ0) is 28.0. The Hall–Kier alpha value is -3.44. The molecule has 208 valence electrons. The van der Waals surface area contributed by atoms with Crippen LogP contribution in [0.25, 0.3) is 0 Å². The van der Waals surface area contributed by atoms with Crippen molar-refractivity contribution in [3.05, 3.63) is 47.5 Å². The molecule has 38 heavy (non-hydrogen) atoms. The molecule has 2 aromatic rings. The van der Waals surface area contributed by atoms with Crippen LogP contribution in [-0.2, 0) is 16.1 Å². The molecular weight excluding hydrogens is 506 g/mol. The summed E-state index contributed by atoms with van der Waals surface area (Å²) in [5.74, 6) is -3.85. The Kier molecular flexibility index (Phi) is 9.50. The number of nitrogens with one attached hydrogen (secondary N) is 2. The van der Waals surface area contributed by atoms with Gasteiger partial charge in [0.1, 0.15) is 24.1 Å². The number of benzene rings is 1. The van der Waals surface area contributed by atoms with Crippen LogP contribution in [0.2, 0.25) is 0 Å². The predicted molar refractivity (Wildman–Crippen MR) is 133 cm³/mol. The van der Waals surface area contributed by atoms with Crippen molar-refractivity contribution in [1.29, 1.82) is 0 Å². The molecular formula is C26H33F4N5O3. The third-order valence-corrected chi connectivity index (χ3v) is 6.85. The van der Waals surface area contributed by atoms with Crippen LogP contribution in [0.1, 0.15) is 67.9 Å². The van der Waals surface area contributed by atoms with E-state index in [0.717, 1.165) is 45.2 Å². The number of hydrogen-bond donors (Lipinski definition) is 2. The highest BCUT2D eigenvalue weighted by Crippen LogP contribution is 2.29. The second-order valence-corrected chi connectivity index (χ2v) is 9.64. The lowest BCUT2D eigenvalue weighted by Crippen LogP contribution is -2.49. The zero-order valence-corrected chi connectivity index (χ0v) is 21.6. The van der Waals surface area contributed by atoms with E-state index in [1.54, 1.807) is 6.07 Å². The number of nitrogens with zero attached hydrogens (tertiary/aromatic N) is 3. The average Bonchev–Trinajstić information content (AvgIpc) is 3.36. The highest BCUT2D eigenvalue weighted by atomic mass is 19.4. The van der Waals surface area contributed by atoms with Crippen LogP contribution in [0.15, 0.2) is 30.5 Å². The lowest BCUT2D eigenvalue weighted by molar-refractivity contribution is -0.159. The first-order chi connectivity index (χ1) is 17.9. The van der Waals surface area contributed by atoms with Crippen LogP contribution in [-0.4, -0.2) is 58.2 Å². The fourth-order valence-electron chi connectivity index (χ4n) is 4.79. The molecule has 1 aromatic carbocycles. The molecule has 0 bridgehead atoms. The Bertz CT molecular complexity index is 1140. The molecule has 3 rings (SSSR count). The van der Waals surface area contributed by atoms with Gasteiger partial charge < -0.3 is 15.5 Å². The van der Waals surface area contributed by atoms with E-state index in [1.807, 2.05) is 6.92 Å². The van der Waals surface area contributed by atoms with Crippen LogP contribution in [0, 0.1) is 11.7 Å². The van der Waals surface area contributed by atoms with Gasteiger partial charge in [-0.1, -0.05) is 25.3 Å². The number of alkyl halides is 3. The number of amides is 3. The second kappa shape index (κ2) is 12.4. The highest BCUT2D eigenvalue weighted by molar-refractivity contribution is 6.00.